The molecule has 12 heteroatoms. The number of sulfonamides is 1. The van der Waals surface area contributed by atoms with Crippen molar-refractivity contribution in [2.75, 3.05) is 25.1 Å². The van der Waals surface area contributed by atoms with Crippen molar-refractivity contribution in [1.82, 2.24) is 10.2 Å². The zero-order valence-corrected chi connectivity index (χ0v) is 28.9. The number of rotatable bonds is 14. The molecule has 0 saturated carbocycles. The fraction of sp³-hybridized carbons (Fsp3) is 0.257. The number of hydrogen-bond acceptors (Lipinski definition) is 6. The Morgan fingerprint density at radius 2 is 1.49 bits per heavy atom. The minimum absolute atomic E-state index is 0.0167. The second-order valence-electron chi connectivity index (χ2n) is 11.0. The molecule has 2 amide bonds. The molecule has 9 nitrogen and oxygen atoms in total. The number of halogens is 2. The summed E-state index contributed by atoms with van der Waals surface area (Å²) in [4.78, 5) is 29.5. The van der Waals surface area contributed by atoms with Gasteiger partial charge >= 0.3 is 0 Å². The third kappa shape index (κ3) is 9.11. The fourth-order valence-electron chi connectivity index (χ4n) is 4.96. The lowest BCUT2D eigenvalue weighted by Crippen LogP contribution is -2.54. The van der Waals surface area contributed by atoms with Crippen molar-refractivity contribution in [1.29, 1.82) is 0 Å². The quantitative estimate of drug-likeness (QED) is 0.172. The van der Waals surface area contributed by atoms with Crippen LogP contribution in [0.1, 0.15) is 25.0 Å². The summed E-state index contributed by atoms with van der Waals surface area (Å²) >= 11 is 3.43. The lowest BCUT2D eigenvalue weighted by Gasteiger charge is -2.34. The monoisotopic (exact) mass is 725 g/mol. The van der Waals surface area contributed by atoms with E-state index in [1.165, 1.54) is 49.5 Å². The number of ether oxygens (including phenoxy) is 2. The molecule has 47 heavy (non-hydrogen) atoms. The molecule has 0 unspecified atom stereocenters. The number of amides is 2. The molecular weight excluding hydrogens is 689 g/mol. The molecule has 0 aromatic heterocycles. The first-order valence-corrected chi connectivity index (χ1v) is 17.0. The van der Waals surface area contributed by atoms with E-state index in [-0.39, 0.29) is 41.2 Å². The lowest BCUT2D eigenvalue weighted by atomic mass is 10.0. The number of carbonyl (C=O) groups excluding carboxylic acids is 2. The average Bonchev–Trinajstić information content (AvgIpc) is 3.06. The molecule has 0 aliphatic carbocycles. The maximum absolute atomic E-state index is 14.5. The molecule has 4 aromatic rings. The van der Waals surface area contributed by atoms with E-state index < -0.39 is 34.3 Å². The van der Waals surface area contributed by atoms with Crippen molar-refractivity contribution in [3.63, 3.8) is 0 Å². The Kier molecular flexibility index (Phi) is 12.0. The van der Waals surface area contributed by atoms with Crippen LogP contribution in [-0.4, -0.2) is 58.0 Å². The molecule has 0 bridgehead atoms. The first-order valence-electron chi connectivity index (χ1n) is 14.8. The van der Waals surface area contributed by atoms with Crippen molar-refractivity contribution >= 4 is 43.5 Å². The molecular formula is C35H37BrFN3O6S. The highest BCUT2D eigenvalue weighted by Crippen LogP contribution is 2.32. The van der Waals surface area contributed by atoms with Crippen molar-refractivity contribution in [3.05, 3.63) is 118 Å². The van der Waals surface area contributed by atoms with Crippen LogP contribution in [0.3, 0.4) is 0 Å². The van der Waals surface area contributed by atoms with Gasteiger partial charge in [-0.3, -0.25) is 13.9 Å². The summed E-state index contributed by atoms with van der Waals surface area (Å²) in [6.07, 6.45) is 0.181. The SMILES string of the molecule is COc1ccc(S(=O)(=O)N(CC(=O)N(Cc2ccc(Br)cc2)[C@H](Cc2ccccc2)C(=O)NC(C)C)c2ccc(F)cc2)cc1OC. The van der Waals surface area contributed by atoms with E-state index in [1.54, 1.807) is 0 Å². The lowest BCUT2D eigenvalue weighted by molar-refractivity contribution is -0.140. The molecule has 0 radical (unpaired) electrons. The molecule has 0 heterocycles. The van der Waals surface area contributed by atoms with Gasteiger partial charge in [0.25, 0.3) is 10.0 Å². The normalized spacial score (nSPS) is 11.9. The zero-order chi connectivity index (χ0) is 34.1. The maximum atomic E-state index is 14.5. The Morgan fingerprint density at radius 1 is 0.851 bits per heavy atom. The predicted octanol–water partition coefficient (Wildman–Crippen LogP) is 5.97. The molecule has 0 fully saturated rings. The van der Waals surface area contributed by atoms with Gasteiger partial charge in [0, 0.05) is 29.5 Å². The van der Waals surface area contributed by atoms with Crippen LogP contribution in [0, 0.1) is 5.82 Å². The second kappa shape index (κ2) is 15.9. The van der Waals surface area contributed by atoms with E-state index in [0.29, 0.717) is 5.75 Å². The number of nitrogens with zero attached hydrogens (tertiary/aromatic N) is 2. The van der Waals surface area contributed by atoms with Gasteiger partial charge in [-0.05, 0) is 73.5 Å². The molecule has 1 atom stereocenters. The minimum Gasteiger partial charge on any atom is -0.493 e. The fourth-order valence-corrected chi connectivity index (χ4v) is 6.66. The van der Waals surface area contributed by atoms with Gasteiger partial charge in [0.2, 0.25) is 11.8 Å². The molecule has 1 N–H and O–H groups in total. The summed E-state index contributed by atoms with van der Waals surface area (Å²) in [5.74, 6) is -1.11. The summed E-state index contributed by atoms with van der Waals surface area (Å²) in [5.41, 5.74) is 1.61. The number of anilines is 1. The largest absolute Gasteiger partial charge is 0.493 e. The van der Waals surface area contributed by atoms with Crippen molar-refractivity contribution in [2.24, 2.45) is 0 Å². The van der Waals surface area contributed by atoms with E-state index in [4.69, 9.17) is 9.47 Å². The molecule has 248 valence electrons. The number of nitrogens with one attached hydrogen (secondary N) is 1. The smallest absolute Gasteiger partial charge is 0.264 e. The predicted molar refractivity (Wildman–Crippen MR) is 182 cm³/mol. The van der Waals surface area contributed by atoms with Gasteiger partial charge in [-0.25, -0.2) is 12.8 Å². The van der Waals surface area contributed by atoms with Gasteiger partial charge in [-0.2, -0.15) is 0 Å². The molecule has 0 saturated heterocycles. The summed E-state index contributed by atoms with van der Waals surface area (Å²) in [6.45, 7) is 2.98. The van der Waals surface area contributed by atoms with Crippen molar-refractivity contribution in [3.8, 4) is 11.5 Å². The molecule has 0 spiro atoms. The first-order chi connectivity index (χ1) is 22.4. The standard InChI is InChI=1S/C35H37BrFN3O6S/c1-24(2)38-35(42)31(20-25-8-6-5-7-9-25)39(22-26-10-12-27(36)13-11-26)34(41)23-40(29-16-14-28(37)15-17-29)47(43,44)30-18-19-32(45-3)33(21-30)46-4/h5-19,21,24,31H,20,22-23H2,1-4H3,(H,38,42)/t31-/m1/s1. The van der Waals surface area contributed by atoms with E-state index >= 15 is 0 Å². The van der Waals surface area contributed by atoms with Gasteiger partial charge in [-0.15, -0.1) is 0 Å². The Hall–Kier alpha value is -4.42. The third-order valence-corrected chi connectivity index (χ3v) is 9.60. The first kappa shape index (κ1) is 35.4. The summed E-state index contributed by atoms with van der Waals surface area (Å²) < 4.78 is 54.9. The zero-order valence-electron chi connectivity index (χ0n) is 26.5. The summed E-state index contributed by atoms with van der Waals surface area (Å²) in [6, 6.07) is 24.2. The summed E-state index contributed by atoms with van der Waals surface area (Å²) in [5, 5.41) is 2.92. The molecule has 4 rings (SSSR count). The van der Waals surface area contributed by atoms with Crippen LogP contribution in [0.5, 0.6) is 11.5 Å². The van der Waals surface area contributed by atoms with E-state index in [1.807, 2.05) is 68.4 Å². The van der Waals surface area contributed by atoms with Gasteiger partial charge in [0.1, 0.15) is 18.4 Å². The Labute approximate surface area is 283 Å². The molecule has 0 aliphatic rings. The van der Waals surface area contributed by atoms with Crippen molar-refractivity contribution in [2.45, 2.75) is 43.8 Å². The number of carbonyl (C=O) groups is 2. The van der Waals surface area contributed by atoms with E-state index in [2.05, 4.69) is 21.2 Å². The maximum Gasteiger partial charge on any atom is 0.264 e. The van der Waals surface area contributed by atoms with Gasteiger partial charge in [0.15, 0.2) is 11.5 Å². The van der Waals surface area contributed by atoms with Crippen LogP contribution in [0.15, 0.2) is 106 Å². The number of benzene rings is 4. The van der Waals surface area contributed by atoms with Crippen LogP contribution < -0.4 is 19.1 Å². The van der Waals surface area contributed by atoms with Crippen LogP contribution >= 0.6 is 15.9 Å². The molecule has 0 aliphatic heterocycles. The summed E-state index contributed by atoms with van der Waals surface area (Å²) in [7, 11) is -1.63. The van der Waals surface area contributed by atoms with E-state index in [0.717, 1.165) is 32.0 Å². The van der Waals surface area contributed by atoms with Gasteiger partial charge < -0.3 is 19.7 Å². The third-order valence-electron chi connectivity index (χ3n) is 7.30. The highest BCUT2D eigenvalue weighted by molar-refractivity contribution is 9.10. The number of hydrogen-bond donors (Lipinski definition) is 1. The topological polar surface area (TPSA) is 105 Å². The van der Waals surface area contributed by atoms with Crippen molar-refractivity contribution < 1.29 is 31.9 Å². The van der Waals surface area contributed by atoms with Crippen LogP contribution in [0.2, 0.25) is 0 Å². The van der Waals surface area contributed by atoms with E-state index in [9.17, 15) is 22.4 Å². The Morgan fingerprint density at radius 3 is 2.09 bits per heavy atom. The van der Waals surface area contributed by atoms with Crippen LogP contribution in [0.25, 0.3) is 0 Å². The van der Waals surface area contributed by atoms with Gasteiger partial charge in [-0.1, -0.05) is 58.4 Å². The second-order valence-corrected chi connectivity index (χ2v) is 13.8. The Balaban J connectivity index is 1.82. The average molecular weight is 727 g/mol. The Bertz CT molecular complexity index is 1770. The number of methoxy groups -OCH3 is 2. The molecule has 4 aromatic carbocycles. The minimum atomic E-state index is -4.43. The van der Waals surface area contributed by atoms with Crippen LogP contribution in [0.4, 0.5) is 10.1 Å². The van der Waals surface area contributed by atoms with Crippen LogP contribution in [-0.2, 0) is 32.6 Å². The van der Waals surface area contributed by atoms with Gasteiger partial charge in [0.05, 0.1) is 24.8 Å². The highest BCUT2D eigenvalue weighted by atomic mass is 79.9. The highest BCUT2D eigenvalue weighted by Gasteiger charge is 2.35.